The lowest BCUT2D eigenvalue weighted by Crippen LogP contribution is -2.36. The standard InChI is InChI=1S/C36H28N2O4/c1-21-15-17-27(23(3)19-21)31-29-30(36(42)37(31)33(39)25-11-7-5-8-12-25)32(28-18-16-22(2)20-24(28)4)38(35(29)41)34(40)26-13-9-6-10-14-26/h5-20H,1-4H3. The van der Waals surface area contributed by atoms with Crippen molar-refractivity contribution in [2.75, 3.05) is 0 Å². The molecular formula is C36H28N2O4. The van der Waals surface area contributed by atoms with E-state index in [0.29, 0.717) is 22.3 Å². The van der Waals surface area contributed by atoms with Gasteiger partial charge in [-0.1, -0.05) is 83.9 Å². The molecule has 0 N–H and O–H groups in total. The van der Waals surface area contributed by atoms with Crippen LogP contribution in [0.4, 0.5) is 0 Å². The number of benzene rings is 4. The van der Waals surface area contributed by atoms with E-state index in [4.69, 9.17) is 0 Å². The SMILES string of the molecule is Cc1ccc(C2=C3C(=O)N(C(=O)c4ccccc4)C(c4ccc(C)cc4C)=C3C(=O)N2C(=O)c2ccccc2)c(C)c1. The molecule has 0 spiro atoms. The molecule has 0 aromatic heterocycles. The molecular weight excluding hydrogens is 524 g/mol. The van der Waals surface area contributed by atoms with E-state index in [0.717, 1.165) is 32.1 Å². The summed E-state index contributed by atoms with van der Waals surface area (Å²) in [6, 6.07) is 28.3. The summed E-state index contributed by atoms with van der Waals surface area (Å²) in [7, 11) is 0. The van der Waals surface area contributed by atoms with E-state index in [1.54, 1.807) is 60.7 Å². The van der Waals surface area contributed by atoms with Gasteiger partial charge in [-0.25, -0.2) is 9.80 Å². The molecule has 0 aliphatic carbocycles. The van der Waals surface area contributed by atoms with Crippen LogP contribution in [-0.4, -0.2) is 33.4 Å². The van der Waals surface area contributed by atoms with Crippen LogP contribution < -0.4 is 0 Å². The lowest BCUT2D eigenvalue weighted by atomic mass is 9.97. The Morgan fingerprint density at radius 1 is 0.500 bits per heavy atom. The van der Waals surface area contributed by atoms with Crippen molar-refractivity contribution in [2.24, 2.45) is 0 Å². The highest BCUT2D eigenvalue weighted by atomic mass is 16.2. The van der Waals surface area contributed by atoms with E-state index in [-0.39, 0.29) is 22.5 Å². The van der Waals surface area contributed by atoms with Crippen molar-refractivity contribution in [2.45, 2.75) is 27.7 Å². The smallest absolute Gasteiger partial charge is 0.268 e. The minimum absolute atomic E-state index is 0.0514. The number of aryl methyl sites for hydroxylation is 4. The second-order valence-electron chi connectivity index (χ2n) is 10.7. The van der Waals surface area contributed by atoms with Gasteiger partial charge in [0.05, 0.1) is 22.5 Å². The van der Waals surface area contributed by atoms with E-state index in [1.165, 1.54) is 0 Å². The van der Waals surface area contributed by atoms with Crippen molar-refractivity contribution in [3.8, 4) is 0 Å². The number of hydrogen-bond acceptors (Lipinski definition) is 4. The third-order valence-electron chi connectivity index (χ3n) is 7.73. The van der Waals surface area contributed by atoms with Gasteiger partial charge in [-0.05, 0) is 63.1 Å². The molecule has 0 saturated carbocycles. The first kappa shape index (κ1) is 26.8. The van der Waals surface area contributed by atoms with Gasteiger partial charge in [0.1, 0.15) is 0 Å². The summed E-state index contributed by atoms with van der Waals surface area (Å²) in [5.74, 6) is -2.36. The van der Waals surface area contributed by atoms with E-state index in [1.807, 2.05) is 64.1 Å². The number of rotatable bonds is 4. The highest BCUT2D eigenvalue weighted by Crippen LogP contribution is 2.48. The molecule has 0 unspecified atom stereocenters. The molecule has 0 atom stereocenters. The zero-order valence-electron chi connectivity index (χ0n) is 23.8. The summed E-state index contributed by atoms with van der Waals surface area (Å²) in [4.78, 5) is 59.2. The van der Waals surface area contributed by atoms with Crippen LogP contribution in [0.15, 0.2) is 108 Å². The Balaban J connectivity index is 1.68. The predicted molar refractivity (Wildman–Crippen MR) is 161 cm³/mol. The summed E-state index contributed by atoms with van der Waals surface area (Å²) in [5.41, 5.74) is 5.85. The van der Waals surface area contributed by atoms with Gasteiger partial charge in [-0.15, -0.1) is 0 Å². The Morgan fingerprint density at radius 3 is 1.19 bits per heavy atom. The quantitative estimate of drug-likeness (QED) is 0.274. The van der Waals surface area contributed by atoms with Gasteiger partial charge in [0, 0.05) is 22.3 Å². The van der Waals surface area contributed by atoms with Crippen LogP contribution in [0.2, 0.25) is 0 Å². The Kier molecular flexibility index (Phi) is 6.54. The van der Waals surface area contributed by atoms with Crippen LogP contribution in [0, 0.1) is 27.7 Å². The fourth-order valence-corrected chi connectivity index (χ4v) is 5.78. The fraction of sp³-hybridized carbons (Fsp3) is 0.111. The van der Waals surface area contributed by atoms with Crippen molar-refractivity contribution in [3.63, 3.8) is 0 Å². The first-order valence-corrected chi connectivity index (χ1v) is 13.7. The molecule has 6 heteroatoms. The van der Waals surface area contributed by atoms with Crippen molar-refractivity contribution in [3.05, 3.63) is 153 Å². The molecule has 2 heterocycles. The molecule has 4 aromatic rings. The van der Waals surface area contributed by atoms with Crippen LogP contribution in [-0.2, 0) is 9.59 Å². The molecule has 6 nitrogen and oxygen atoms in total. The van der Waals surface area contributed by atoms with Crippen molar-refractivity contribution in [1.29, 1.82) is 0 Å². The molecule has 2 aliphatic rings. The van der Waals surface area contributed by atoms with E-state index >= 15 is 0 Å². The monoisotopic (exact) mass is 552 g/mol. The second kappa shape index (κ2) is 10.2. The van der Waals surface area contributed by atoms with E-state index < -0.39 is 23.6 Å². The zero-order valence-corrected chi connectivity index (χ0v) is 23.8. The van der Waals surface area contributed by atoms with E-state index in [2.05, 4.69) is 0 Å². The van der Waals surface area contributed by atoms with Gasteiger partial charge in [0.25, 0.3) is 23.6 Å². The lowest BCUT2D eigenvalue weighted by Gasteiger charge is -2.25. The number of hydrogen-bond donors (Lipinski definition) is 0. The van der Waals surface area contributed by atoms with Crippen molar-refractivity contribution < 1.29 is 19.2 Å². The van der Waals surface area contributed by atoms with Gasteiger partial charge in [0.15, 0.2) is 0 Å². The first-order valence-electron chi connectivity index (χ1n) is 13.7. The van der Waals surface area contributed by atoms with E-state index in [9.17, 15) is 19.2 Å². The predicted octanol–water partition coefficient (Wildman–Crippen LogP) is 6.41. The lowest BCUT2D eigenvalue weighted by molar-refractivity contribution is -0.122. The average Bonchev–Trinajstić information content (AvgIpc) is 3.44. The summed E-state index contributed by atoms with van der Waals surface area (Å²) in [6.45, 7) is 7.66. The Bertz CT molecular complexity index is 1750. The van der Waals surface area contributed by atoms with Crippen LogP contribution in [0.1, 0.15) is 54.1 Å². The maximum absolute atomic E-state index is 14.5. The van der Waals surface area contributed by atoms with Gasteiger partial charge >= 0.3 is 0 Å². The largest absolute Gasteiger partial charge is 0.268 e. The number of imide groups is 2. The van der Waals surface area contributed by atoms with Gasteiger partial charge < -0.3 is 0 Å². The Hall–Kier alpha value is -5.36. The summed E-state index contributed by atoms with van der Waals surface area (Å²) in [6.07, 6.45) is 0. The number of carbonyl (C=O) groups excluding carboxylic acids is 4. The molecule has 0 bridgehead atoms. The zero-order chi connectivity index (χ0) is 29.7. The van der Waals surface area contributed by atoms with Crippen LogP contribution >= 0.6 is 0 Å². The summed E-state index contributed by atoms with van der Waals surface area (Å²) < 4.78 is 0. The van der Waals surface area contributed by atoms with Crippen molar-refractivity contribution in [1.82, 2.24) is 9.80 Å². The minimum atomic E-state index is -0.638. The van der Waals surface area contributed by atoms with Gasteiger partial charge in [0.2, 0.25) is 0 Å². The second-order valence-corrected chi connectivity index (χ2v) is 10.7. The molecule has 206 valence electrons. The summed E-state index contributed by atoms with van der Waals surface area (Å²) >= 11 is 0. The van der Waals surface area contributed by atoms with Gasteiger partial charge in [-0.3, -0.25) is 19.2 Å². The normalized spacial score (nSPS) is 14.7. The number of carbonyl (C=O) groups is 4. The maximum atomic E-state index is 14.5. The maximum Gasteiger partial charge on any atom is 0.268 e. The molecule has 4 amide bonds. The molecule has 0 radical (unpaired) electrons. The fourth-order valence-electron chi connectivity index (χ4n) is 5.78. The molecule has 2 aliphatic heterocycles. The van der Waals surface area contributed by atoms with Crippen LogP contribution in [0.25, 0.3) is 11.4 Å². The average molecular weight is 553 g/mol. The highest BCUT2D eigenvalue weighted by Gasteiger charge is 2.53. The third-order valence-corrected chi connectivity index (χ3v) is 7.73. The molecule has 4 aromatic carbocycles. The van der Waals surface area contributed by atoms with Crippen LogP contribution in [0.3, 0.4) is 0 Å². The number of amides is 4. The topological polar surface area (TPSA) is 74.8 Å². The highest BCUT2D eigenvalue weighted by molar-refractivity contribution is 6.38. The minimum Gasteiger partial charge on any atom is -0.268 e. The summed E-state index contributed by atoms with van der Waals surface area (Å²) in [5, 5.41) is 0. The Morgan fingerprint density at radius 2 is 0.857 bits per heavy atom. The molecule has 42 heavy (non-hydrogen) atoms. The van der Waals surface area contributed by atoms with Gasteiger partial charge in [-0.2, -0.15) is 0 Å². The molecule has 0 fully saturated rings. The van der Waals surface area contributed by atoms with Crippen molar-refractivity contribution >= 4 is 35.0 Å². The first-order chi connectivity index (χ1) is 20.2. The Labute approximate surface area is 244 Å². The number of nitrogens with zero attached hydrogens (tertiary/aromatic N) is 2. The van der Waals surface area contributed by atoms with Crippen LogP contribution in [0.5, 0.6) is 0 Å². The number of fused-ring (bicyclic) bond motifs is 1. The molecule has 6 rings (SSSR count). The molecule has 0 saturated heterocycles. The third kappa shape index (κ3) is 4.20.